The molecule has 1 atom stereocenters. The Hall–Kier alpha value is -1.29. The summed E-state index contributed by atoms with van der Waals surface area (Å²) in [5.74, 6) is -0.192. The van der Waals surface area contributed by atoms with Crippen LogP contribution in [0.5, 0.6) is 0 Å². The molecule has 0 saturated heterocycles. The summed E-state index contributed by atoms with van der Waals surface area (Å²) >= 11 is 0. The van der Waals surface area contributed by atoms with Gasteiger partial charge in [-0.25, -0.2) is 0 Å². The van der Waals surface area contributed by atoms with Gasteiger partial charge in [0.25, 0.3) is 0 Å². The van der Waals surface area contributed by atoms with Crippen LogP contribution in [0.15, 0.2) is 30.3 Å². The largest absolute Gasteiger partial charge is 0.446 e. The molecular weight excluding hydrogens is 201 g/mol. The summed E-state index contributed by atoms with van der Waals surface area (Å²) in [5, 5.41) is 0. The number of esters is 1. The second-order valence-corrected chi connectivity index (χ2v) is 3.72. The zero-order valence-electron chi connectivity index (χ0n) is 10.0. The van der Waals surface area contributed by atoms with Crippen LogP contribution < -0.4 is 0 Å². The zero-order valence-corrected chi connectivity index (χ0v) is 10.0. The molecule has 0 aliphatic rings. The standard InChI is InChI=1S/C12H17NO2.B/c1-10(13(2)3)15-12(14)9-11-7-5-4-6-8-11;/h4-8,10H,9H2,1-3H3;. The number of carbonyl (C=O) groups is 1. The summed E-state index contributed by atoms with van der Waals surface area (Å²) in [7, 11) is 3.75. The summed E-state index contributed by atoms with van der Waals surface area (Å²) in [4.78, 5) is 13.3. The Morgan fingerprint density at radius 1 is 1.31 bits per heavy atom. The van der Waals surface area contributed by atoms with E-state index in [9.17, 15) is 4.79 Å². The van der Waals surface area contributed by atoms with Crippen molar-refractivity contribution in [3.8, 4) is 0 Å². The molecule has 0 spiro atoms. The monoisotopic (exact) mass is 218 g/mol. The normalized spacial score (nSPS) is 11.8. The van der Waals surface area contributed by atoms with Crippen LogP contribution in [0.3, 0.4) is 0 Å². The van der Waals surface area contributed by atoms with Crippen molar-refractivity contribution in [1.29, 1.82) is 0 Å². The molecule has 0 heterocycles. The highest BCUT2D eigenvalue weighted by Gasteiger charge is 2.11. The first kappa shape index (κ1) is 14.7. The molecule has 0 aromatic heterocycles. The number of hydrogen-bond acceptors (Lipinski definition) is 3. The molecule has 3 nitrogen and oxygen atoms in total. The van der Waals surface area contributed by atoms with Crippen LogP contribution in [-0.4, -0.2) is 39.6 Å². The molecule has 16 heavy (non-hydrogen) atoms. The van der Waals surface area contributed by atoms with Gasteiger partial charge in [-0.05, 0) is 26.6 Å². The van der Waals surface area contributed by atoms with E-state index in [1.54, 1.807) is 0 Å². The second-order valence-electron chi connectivity index (χ2n) is 3.72. The molecule has 0 N–H and O–H groups in total. The molecule has 0 amide bonds. The first-order valence-corrected chi connectivity index (χ1v) is 4.99. The summed E-state index contributed by atoms with van der Waals surface area (Å²) < 4.78 is 5.20. The van der Waals surface area contributed by atoms with Gasteiger partial charge >= 0.3 is 5.97 Å². The molecule has 0 bridgehead atoms. The lowest BCUT2D eigenvalue weighted by Gasteiger charge is -2.19. The average Bonchev–Trinajstić information content (AvgIpc) is 2.18. The topological polar surface area (TPSA) is 29.5 Å². The lowest BCUT2D eigenvalue weighted by atomic mass is 10.2. The molecular formula is C12H17BNO2. The lowest BCUT2D eigenvalue weighted by Crippen LogP contribution is -2.30. The minimum Gasteiger partial charge on any atom is -0.446 e. The lowest BCUT2D eigenvalue weighted by molar-refractivity contribution is -0.154. The molecule has 85 valence electrons. The summed E-state index contributed by atoms with van der Waals surface area (Å²) in [6.07, 6.45) is 0.153. The third-order valence-electron chi connectivity index (χ3n) is 2.22. The van der Waals surface area contributed by atoms with Gasteiger partial charge in [-0.3, -0.25) is 9.69 Å². The Balaban J connectivity index is 0.00000225. The van der Waals surface area contributed by atoms with Gasteiger partial charge in [0, 0.05) is 8.41 Å². The van der Waals surface area contributed by atoms with Crippen molar-refractivity contribution in [2.45, 2.75) is 19.6 Å². The van der Waals surface area contributed by atoms with Gasteiger partial charge in [0.2, 0.25) is 0 Å². The number of carbonyl (C=O) groups excluding carboxylic acids is 1. The van der Waals surface area contributed by atoms with Crippen molar-refractivity contribution >= 4 is 14.4 Å². The fourth-order valence-corrected chi connectivity index (χ4v) is 1.10. The maximum Gasteiger partial charge on any atom is 0.311 e. The first-order valence-electron chi connectivity index (χ1n) is 4.99. The van der Waals surface area contributed by atoms with Crippen LogP contribution in [0.4, 0.5) is 0 Å². The number of hydrogen-bond donors (Lipinski definition) is 0. The second kappa shape index (κ2) is 7.07. The van der Waals surface area contributed by atoms with Gasteiger partial charge in [-0.1, -0.05) is 30.3 Å². The number of ether oxygens (including phenoxy) is 1. The molecule has 3 radical (unpaired) electrons. The van der Waals surface area contributed by atoms with Gasteiger partial charge < -0.3 is 4.74 Å². The van der Waals surface area contributed by atoms with Gasteiger partial charge in [-0.15, -0.1) is 0 Å². The van der Waals surface area contributed by atoms with E-state index in [-0.39, 0.29) is 20.6 Å². The summed E-state index contributed by atoms with van der Waals surface area (Å²) in [6, 6.07) is 9.59. The molecule has 1 unspecified atom stereocenters. The van der Waals surface area contributed by atoms with Crippen LogP contribution >= 0.6 is 0 Å². The van der Waals surface area contributed by atoms with E-state index in [1.807, 2.05) is 56.3 Å². The Morgan fingerprint density at radius 3 is 2.38 bits per heavy atom. The van der Waals surface area contributed by atoms with Crippen molar-refractivity contribution in [1.82, 2.24) is 4.90 Å². The van der Waals surface area contributed by atoms with Crippen LogP contribution in [0.2, 0.25) is 0 Å². The minimum absolute atomic E-state index is 0. The van der Waals surface area contributed by atoms with Gasteiger partial charge in [0.05, 0.1) is 6.42 Å². The highest BCUT2D eigenvalue weighted by Crippen LogP contribution is 2.03. The van der Waals surface area contributed by atoms with Crippen LogP contribution in [-0.2, 0) is 16.0 Å². The van der Waals surface area contributed by atoms with E-state index in [0.29, 0.717) is 6.42 Å². The Morgan fingerprint density at radius 2 is 1.88 bits per heavy atom. The minimum atomic E-state index is -0.192. The van der Waals surface area contributed by atoms with E-state index in [4.69, 9.17) is 4.74 Å². The molecule has 4 heteroatoms. The predicted molar refractivity (Wildman–Crippen MR) is 65.1 cm³/mol. The smallest absolute Gasteiger partial charge is 0.311 e. The maximum atomic E-state index is 11.5. The van der Waals surface area contributed by atoms with Crippen molar-refractivity contribution in [2.24, 2.45) is 0 Å². The molecule has 0 aliphatic carbocycles. The predicted octanol–water partition coefficient (Wildman–Crippen LogP) is 1.30. The van der Waals surface area contributed by atoms with Gasteiger partial charge in [0.1, 0.15) is 0 Å². The SMILES string of the molecule is CC(OC(=O)Cc1ccccc1)N(C)C.[B]. The first-order chi connectivity index (χ1) is 7.09. The molecule has 1 aromatic rings. The molecule has 0 fully saturated rings. The maximum absolute atomic E-state index is 11.5. The molecule has 0 saturated carbocycles. The molecule has 1 rings (SSSR count). The van der Waals surface area contributed by atoms with Crippen LogP contribution in [0, 0.1) is 0 Å². The highest BCUT2D eigenvalue weighted by molar-refractivity contribution is 5.75. The third kappa shape index (κ3) is 4.98. The Bertz CT molecular complexity index is 314. The van der Waals surface area contributed by atoms with Gasteiger partial charge in [-0.2, -0.15) is 0 Å². The van der Waals surface area contributed by atoms with Crippen molar-refractivity contribution in [3.05, 3.63) is 35.9 Å². The number of benzene rings is 1. The quantitative estimate of drug-likeness (QED) is 0.433. The fraction of sp³-hybridized carbons (Fsp3) is 0.417. The fourth-order valence-electron chi connectivity index (χ4n) is 1.10. The van der Waals surface area contributed by atoms with E-state index in [2.05, 4.69) is 0 Å². The van der Waals surface area contributed by atoms with Crippen molar-refractivity contribution in [3.63, 3.8) is 0 Å². The highest BCUT2D eigenvalue weighted by atomic mass is 16.6. The van der Waals surface area contributed by atoms with E-state index < -0.39 is 0 Å². The van der Waals surface area contributed by atoms with E-state index in [0.717, 1.165) is 5.56 Å². The zero-order chi connectivity index (χ0) is 11.3. The van der Waals surface area contributed by atoms with E-state index >= 15 is 0 Å². The number of nitrogens with zero attached hydrogens (tertiary/aromatic N) is 1. The van der Waals surface area contributed by atoms with Gasteiger partial charge in [0.15, 0.2) is 6.23 Å². The third-order valence-corrected chi connectivity index (χ3v) is 2.22. The molecule has 0 aliphatic heterocycles. The summed E-state index contributed by atoms with van der Waals surface area (Å²) in [6.45, 7) is 1.85. The average molecular weight is 218 g/mol. The van der Waals surface area contributed by atoms with Crippen LogP contribution in [0.1, 0.15) is 12.5 Å². The van der Waals surface area contributed by atoms with E-state index in [1.165, 1.54) is 0 Å². The summed E-state index contributed by atoms with van der Waals surface area (Å²) in [5.41, 5.74) is 0.980. The Kier molecular flexibility index (Phi) is 6.50. The van der Waals surface area contributed by atoms with Crippen molar-refractivity contribution < 1.29 is 9.53 Å². The van der Waals surface area contributed by atoms with Crippen molar-refractivity contribution in [2.75, 3.05) is 14.1 Å². The molecule has 1 aromatic carbocycles. The van der Waals surface area contributed by atoms with Crippen LogP contribution in [0.25, 0.3) is 0 Å². The number of rotatable bonds is 4. The Labute approximate surface area is 99.0 Å².